The Labute approximate surface area is 115 Å². The van der Waals surface area contributed by atoms with Gasteiger partial charge in [0.15, 0.2) is 4.80 Å². The van der Waals surface area contributed by atoms with Crippen LogP contribution in [0.5, 0.6) is 0 Å². The molecule has 1 amide bonds. The second kappa shape index (κ2) is 5.09. The molecule has 0 N–H and O–H groups in total. The number of thiazole rings is 1. The number of hydrogen-bond acceptors (Lipinski definition) is 3. The number of aryl methyl sites for hydroxylation is 1. The molecule has 1 fully saturated rings. The molecular weight excluding hydrogens is 258 g/mol. The topological polar surface area (TPSA) is 47.2 Å². The number of amides is 1. The van der Waals surface area contributed by atoms with Gasteiger partial charge >= 0.3 is 0 Å². The molecule has 2 heterocycles. The third kappa shape index (κ3) is 2.98. The van der Waals surface area contributed by atoms with Crippen molar-refractivity contribution in [2.24, 2.45) is 10.9 Å². The van der Waals surface area contributed by atoms with Crippen LogP contribution in [0.15, 0.2) is 35.7 Å². The minimum Gasteiger partial charge on any atom is -0.323 e. The van der Waals surface area contributed by atoms with E-state index in [2.05, 4.69) is 20.7 Å². The van der Waals surface area contributed by atoms with E-state index >= 15 is 0 Å². The molecule has 1 aliphatic carbocycles. The quantitative estimate of drug-likeness (QED) is 0.862. The standard InChI is InChI=1S/C14H15N3OS/c1-10-8-17(9-11-4-5-11)14(19-10)16-13(18)12-3-2-6-15-7-12/h2-3,6-8,11H,4-5,9H2,1H3/b16-14+. The molecule has 3 rings (SSSR count). The Morgan fingerprint density at radius 3 is 3.11 bits per heavy atom. The zero-order valence-corrected chi connectivity index (χ0v) is 11.6. The number of pyridine rings is 1. The number of carbonyl (C=O) groups is 1. The first-order chi connectivity index (χ1) is 9.22. The van der Waals surface area contributed by atoms with Gasteiger partial charge in [-0.05, 0) is 37.8 Å². The highest BCUT2D eigenvalue weighted by Crippen LogP contribution is 2.30. The van der Waals surface area contributed by atoms with Gasteiger partial charge in [-0.25, -0.2) is 0 Å². The monoisotopic (exact) mass is 273 g/mol. The van der Waals surface area contributed by atoms with E-state index in [1.165, 1.54) is 17.7 Å². The fourth-order valence-electron chi connectivity index (χ4n) is 1.94. The highest BCUT2D eigenvalue weighted by atomic mass is 32.1. The van der Waals surface area contributed by atoms with Crippen molar-refractivity contribution >= 4 is 17.2 Å². The van der Waals surface area contributed by atoms with E-state index in [-0.39, 0.29) is 5.91 Å². The van der Waals surface area contributed by atoms with Crippen LogP contribution in [0.25, 0.3) is 0 Å². The van der Waals surface area contributed by atoms with Crippen LogP contribution >= 0.6 is 11.3 Å². The molecule has 0 spiro atoms. The molecule has 0 atom stereocenters. The molecule has 0 saturated heterocycles. The van der Waals surface area contributed by atoms with E-state index < -0.39 is 0 Å². The second-order valence-electron chi connectivity index (χ2n) is 4.88. The van der Waals surface area contributed by atoms with Crippen LogP contribution < -0.4 is 4.80 Å². The van der Waals surface area contributed by atoms with Gasteiger partial charge in [0.05, 0.1) is 5.56 Å². The Bertz CT molecular complexity index is 653. The van der Waals surface area contributed by atoms with Gasteiger partial charge in [0.2, 0.25) is 0 Å². The highest BCUT2D eigenvalue weighted by Gasteiger charge is 2.22. The lowest BCUT2D eigenvalue weighted by Gasteiger charge is -1.99. The molecule has 0 aliphatic heterocycles. The van der Waals surface area contributed by atoms with Crippen molar-refractivity contribution in [1.82, 2.24) is 9.55 Å². The summed E-state index contributed by atoms with van der Waals surface area (Å²) >= 11 is 1.56. The predicted molar refractivity (Wildman–Crippen MR) is 73.9 cm³/mol. The predicted octanol–water partition coefficient (Wildman–Crippen LogP) is 2.40. The van der Waals surface area contributed by atoms with Crippen molar-refractivity contribution in [3.8, 4) is 0 Å². The third-order valence-corrected chi connectivity index (χ3v) is 4.03. The zero-order chi connectivity index (χ0) is 13.2. The maximum Gasteiger partial charge on any atom is 0.281 e. The third-order valence-electron chi connectivity index (χ3n) is 3.09. The number of hydrogen-bond donors (Lipinski definition) is 0. The minimum atomic E-state index is -0.223. The molecule has 1 aliphatic rings. The SMILES string of the molecule is Cc1cn(CC2CC2)/c(=N\C(=O)c2cccnc2)s1. The maximum absolute atomic E-state index is 12.1. The van der Waals surface area contributed by atoms with E-state index in [9.17, 15) is 4.79 Å². The highest BCUT2D eigenvalue weighted by molar-refractivity contribution is 7.09. The zero-order valence-electron chi connectivity index (χ0n) is 10.7. The average Bonchev–Trinajstić information content (AvgIpc) is 3.15. The first-order valence-corrected chi connectivity index (χ1v) is 7.20. The summed E-state index contributed by atoms with van der Waals surface area (Å²) < 4.78 is 2.10. The van der Waals surface area contributed by atoms with Gasteiger partial charge in [-0.3, -0.25) is 9.78 Å². The van der Waals surface area contributed by atoms with Gasteiger partial charge in [-0.15, -0.1) is 11.3 Å². The van der Waals surface area contributed by atoms with Crippen molar-refractivity contribution in [3.05, 3.63) is 46.0 Å². The number of aromatic nitrogens is 2. The maximum atomic E-state index is 12.1. The van der Waals surface area contributed by atoms with E-state index in [1.807, 2.05) is 6.92 Å². The van der Waals surface area contributed by atoms with Gasteiger partial charge in [-0.2, -0.15) is 4.99 Å². The van der Waals surface area contributed by atoms with Crippen LogP contribution in [-0.2, 0) is 6.54 Å². The number of rotatable bonds is 3. The summed E-state index contributed by atoms with van der Waals surface area (Å²) in [5.41, 5.74) is 0.534. The van der Waals surface area contributed by atoms with Gasteiger partial charge in [0.25, 0.3) is 5.91 Å². The van der Waals surface area contributed by atoms with Gasteiger partial charge in [0.1, 0.15) is 0 Å². The Hall–Kier alpha value is -1.75. The van der Waals surface area contributed by atoms with Crippen LogP contribution in [-0.4, -0.2) is 15.5 Å². The van der Waals surface area contributed by atoms with Crippen LogP contribution in [0.1, 0.15) is 28.1 Å². The molecule has 0 bridgehead atoms. The Morgan fingerprint density at radius 1 is 1.58 bits per heavy atom. The van der Waals surface area contributed by atoms with E-state index in [4.69, 9.17) is 0 Å². The summed E-state index contributed by atoms with van der Waals surface area (Å²) in [6.45, 7) is 3.02. The smallest absolute Gasteiger partial charge is 0.281 e. The summed E-state index contributed by atoms with van der Waals surface area (Å²) in [5, 5.41) is 0. The Balaban J connectivity index is 1.92. The van der Waals surface area contributed by atoms with Gasteiger partial charge in [-0.1, -0.05) is 0 Å². The summed E-state index contributed by atoms with van der Waals surface area (Å²) in [7, 11) is 0. The molecular formula is C14H15N3OS. The van der Waals surface area contributed by atoms with Crippen molar-refractivity contribution in [2.75, 3.05) is 0 Å². The molecule has 2 aromatic rings. The van der Waals surface area contributed by atoms with Crippen LogP contribution in [0, 0.1) is 12.8 Å². The molecule has 0 aromatic carbocycles. The summed E-state index contributed by atoms with van der Waals surface area (Å²) in [5.74, 6) is 0.543. The average molecular weight is 273 g/mol. The molecule has 98 valence electrons. The molecule has 0 radical (unpaired) electrons. The molecule has 19 heavy (non-hydrogen) atoms. The normalized spacial score (nSPS) is 15.7. The lowest BCUT2D eigenvalue weighted by Crippen LogP contribution is -2.17. The summed E-state index contributed by atoms with van der Waals surface area (Å²) in [6.07, 6.45) is 7.87. The fourth-order valence-corrected chi connectivity index (χ4v) is 2.78. The summed E-state index contributed by atoms with van der Waals surface area (Å²) in [6, 6.07) is 3.49. The van der Waals surface area contributed by atoms with Crippen molar-refractivity contribution in [3.63, 3.8) is 0 Å². The van der Waals surface area contributed by atoms with Crippen molar-refractivity contribution < 1.29 is 4.79 Å². The van der Waals surface area contributed by atoms with E-state index in [0.29, 0.717) is 5.56 Å². The van der Waals surface area contributed by atoms with Crippen molar-refractivity contribution in [1.29, 1.82) is 0 Å². The number of nitrogens with zero attached hydrogens (tertiary/aromatic N) is 3. The molecule has 0 unspecified atom stereocenters. The van der Waals surface area contributed by atoms with E-state index in [0.717, 1.165) is 17.3 Å². The fraction of sp³-hybridized carbons (Fsp3) is 0.357. The van der Waals surface area contributed by atoms with Gasteiger partial charge < -0.3 is 4.57 Å². The van der Waals surface area contributed by atoms with Crippen molar-refractivity contribution in [2.45, 2.75) is 26.3 Å². The molecule has 5 heteroatoms. The van der Waals surface area contributed by atoms with Crippen LogP contribution in [0.4, 0.5) is 0 Å². The molecule has 2 aromatic heterocycles. The van der Waals surface area contributed by atoms with E-state index in [1.54, 1.807) is 35.9 Å². The van der Waals surface area contributed by atoms with Crippen LogP contribution in [0.2, 0.25) is 0 Å². The summed E-state index contributed by atoms with van der Waals surface area (Å²) in [4.78, 5) is 22.2. The van der Waals surface area contributed by atoms with Gasteiger partial charge in [0, 0.05) is 30.0 Å². The first-order valence-electron chi connectivity index (χ1n) is 6.38. The van der Waals surface area contributed by atoms with Crippen LogP contribution in [0.3, 0.4) is 0 Å². The lowest BCUT2D eigenvalue weighted by molar-refractivity contribution is 0.0997. The second-order valence-corrected chi connectivity index (χ2v) is 6.09. The Morgan fingerprint density at radius 2 is 2.42 bits per heavy atom. The number of carbonyl (C=O) groups excluding carboxylic acids is 1. The molecule has 4 nitrogen and oxygen atoms in total. The Kier molecular flexibility index (Phi) is 3.29. The first kappa shape index (κ1) is 12.3. The largest absolute Gasteiger partial charge is 0.323 e. The molecule has 1 saturated carbocycles. The minimum absolute atomic E-state index is 0.223. The lowest BCUT2D eigenvalue weighted by atomic mass is 10.3.